The van der Waals surface area contributed by atoms with Crippen molar-refractivity contribution >= 4 is 5.69 Å². The lowest BCUT2D eigenvalue weighted by atomic mass is 9.94. The van der Waals surface area contributed by atoms with Gasteiger partial charge in [0.2, 0.25) is 0 Å². The number of hydrogen-bond donors (Lipinski definition) is 1. The van der Waals surface area contributed by atoms with Crippen LogP contribution in [0, 0.1) is 18.3 Å². The number of rotatable bonds is 7. The SMILES string of the molecule is CCNC(C)(C#N)CC(C)N(CC)c1cccc(C)c1. The van der Waals surface area contributed by atoms with Crippen LogP contribution in [-0.2, 0) is 0 Å². The minimum Gasteiger partial charge on any atom is -0.369 e. The van der Waals surface area contributed by atoms with Crippen molar-refractivity contribution in [1.29, 1.82) is 5.26 Å². The van der Waals surface area contributed by atoms with E-state index in [9.17, 15) is 5.26 Å². The lowest BCUT2D eigenvalue weighted by molar-refractivity contribution is 0.390. The van der Waals surface area contributed by atoms with E-state index in [4.69, 9.17) is 0 Å². The highest BCUT2D eigenvalue weighted by atomic mass is 15.2. The minimum atomic E-state index is -0.467. The van der Waals surface area contributed by atoms with Crippen LogP contribution in [0.1, 0.15) is 39.7 Å². The largest absolute Gasteiger partial charge is 0.369 e. The van der Waals surface area contributed by atoms with Crippen LogP contribution >= 0.6 is 0 Å². The predicted octanol–water partition coefficient (Wildman–Crippen LogP) is 3.49. The van der Waals surface area contributed by atoms with E-state index in [0.29, 0.717) is 6.04 Å². The highest BCUT2D eigenvalue weighted by Crippen LogP contribution is 2.23. The van der Waals surface area contributed by atoms with Crippen molar-refractivity contribution in [2.24, 2.45) is 0 Å². The minimum absolute atomic E-state index is 0.311. The highest BCUT2D eigenvalue weighted by Gasteiger charge is 2.27. The average molecular weight is 273 g/mol. The van der Waals surface area contributed by atoms with Crippen molar-refractivity contribution in [3.63, 3.8) is 0 Å². The first-order valence-electron chi connectivity index (χ1n) is 7.45. The van der Waals surface area contributed by atoms with E-state index in [2.05, 4.69) is 61.3 Å². The van der Waals surface area contributed by atoms with Crippen molar-refractivity contribution in [1.82, 2.24) is 5.32 Å². The lowest BCUT2D eigenvalue weighted by Gasteiger charge is -2.35. The summed E-state index contributed by atoms with van der Waals surface area (Å²) in [5.41, 5.74) is 2.03. The zero-order valence-electron chi connectivity index (χ0n) is 13.4. The number of hydrogen-bond acceptors (Lipinski definition) is 3. The number of benzene rings is 1. The second-order valence-electron chi connectivity index (χ2n) is 5.65. The van der Waals surface area contributed by atoms with E-state index in [-0.39, 0.29) is 0 Å². The van der Waals surface area contributed by atoms with Gasteiger partial charge >= 0.3 is 0 Å². The average Bonchev–Trinajstić information content (AvgIpc) is 2.40. The Labute approximate surface area is 123 Å². The Balaban J connectivity index is 2.88. The quantitative estimate of drug-likeness (QED) is 0.826. The van der Waals surface area contributed by atoms with E-state index >= 15 is 0 Å². The van der Waals surface area contributed by atoms with E-state index in [1.54, 1.807) is 0 Å². The molecule has 2 atom stereocenters. The second kappa shape index (κ2) is 7.31. The lowest BCUT2D eigenvalue weighted by Crippen LogP contribution is -2.47. The first kappa shape index (κ1) is 16.5. The summed E-state index contributed by atoms with van der Waals surface area (Å²) in [6.45, 7) is 12.2. The molecule has 0 fully saturated rings. The molecule has 20 heavy (non-hydrogen) atoms. The first-order chi connectivity index (χ1) is 9.45. The van der Waals surface area contributed by atoms with E-state index in [0.717, 1.165) is 19.5 Å². The van der Waals surface area contributed by atoms with Gasteiger partial charge in [-0.1, -0.05) is 19.1 Å². The van der Waals surface area contributed by atoms with Crippen molar-refractivity contribution in [3.8, 4) is 6.07 Å². The number of nitrogens with one attached hydrogen (secondary N) is 1. The Morgan fingerprint density at radius 2 is 2.10 bits per heavy atom. The molecule has 0 saturated carbocycles. The zero-order chi connectivity index (χ0) is 15.2. The summed E-state index contributed by atoms with van der Waals surface area (Å²) < 4.78 is 0. The number of nitrogens with zero attached hydrogens (tertiary/aromatic N) is 2. The third kappa shape index (κ3) is 4.25. The van der Waals surface area contributed by atoms with Gasteiger partial charge in [0, 0.05) is 18.3 Å². The van der Waals surface area contributed by atoms with Crippen LogP contribution in [0.5, 0.6) is 0 Å². The number of aryl methyl sites for hydroxylation is 1. The fraction of sp³-hybridized carbons (Fsp3) is 0.588. The van der Waals surface area contributed by atoms with Crippen molar-refractivity contribution in [3.05, 3.63) is 29.8 Å². The molecular formula is C17H27N3. The Kier molecular flexibility index (Phi) is 6.04. The Morgan fingerprint density at radius 3 is 2.60 bits per heavy atom. The van der Waals surface area contributed by atoms with Crippen molar-refractivity contribution in [2.75, 3.05) is 18.0 Å². The Hall–Kier alpha value is -1.53. The maximum Gasteiger partial charge on any atom is 0.105 e. The van der Waals surface area contributed by atoms with Gasteiger partial charge in [-0.15, -0.1) is 0 Å². The van der Waals surface area contributed by atoms with Gasteiger partial charge in [0.1, 0.15) is 5.54 Å². The van der Waals surface area contributed by atoms with Crippen LogP contribution in [0.15, 0.2) is 24.3 Å². The molecule has 0 aliphatic rings. The van der Waals surface area contributed by atoms with Gasteiger partial charge in [0.05, 0.1) is 6.07 Å². The monoisotopic (exact) mass is 273 g/mol. The molecule has 1 aromatic carbocycles. The van der Waals surface area contributed by atoms with E-state index in [1.807, 2.05) is 13.8 Å². The van der Waals surface area contributed by atoms with Crippen molar-refractivity contribution in [2.45, 2.75) is 52.6 Å². The third-order valence-corrected chi connectivity index (χ3v) is 3.72. The smallest absolute Gasteiger partial charge is 0.105 e. The first-order valence-corrected chi connectivity index (χ1v) is 7.45. The summed E-state index contributed by atoms with van der Waals surface area (Å²) in [5.74, 6) is 0. The van der Waals surface area contributed by atoms with Crippen molar-refractivity contribution < 1.29 is 0 Å². The van der Waals surface area contributed by atoms with Gasteiger partial charge in [-0.25, -0.2) is 0 Å². The van der Waals surface area contributed by atoms with Crippen LogP contribution < -0.4 is 10.2 Å². The van der Waals surface area contributed by atoms with Crippen LogP contribution in [-0.4, -0.2) is 24.7 Å². The van der Waals surface area contributed by atoms with Crippen LogP contribution in [0.4, 0.5) is 5.69 Å². The van der Waals surface area contributed by atoms with Gasteiger partial charge in [0.25, 0.3) is 0 Å². The summed E-state index contributed by atoms with van der Waals surface area (Å²) in [5, 5.41) is 12.7. The molecule has 0 bridgehead atoms. The maximum absolute atomic E-state index is 9.40. The molecule has 0 aliphatic carbocycles. The molecule has 0 saturated heterocycles. The highest BCUT2D eigenvalue weighted by molar-refractivity contribution is 5.49. The fourth-order valence-corrected chi connectivity index (χ4v) is 2.80. The molecule has 1 aromatic rings. The fourth-order valence-electron chi connectivity index (χ4n) is 2.80. The summed E-state index contributed by atoms with van der Waals surface area (Å²) in [6, 6.07) is 11.3. The zero-order valence-corrected chi connectivity index (χ0v) is 13.4. The molecule has 110 valence electrons. The molecule has 0 aromatic heterocycles. The normalized spacial score (nSPS) is 15.2. The molecule has 0 amide bonds. The molecular weight excluding hydrogens is 246 g/mol. The molecule has 1 rings (SSSR count). The Morgan fingerprint density at radius 1 is 1.40 bits per heavy atom. The molecule has 1 N–H and O–H groups in total. The van der Waals surface area contributed by atoms with Gasteiger partial charge in [-0.2, -0.15) is 5.26 Å². The molecule has 0 radical (unpaired) electrons. The second-order valence-corrected chi connectivity index (χ2v) is 5.65. The molecule has 3 heteroatoms. The van der Waals surface area contributed by atoms with Gasteiger partial charge in [-0.05, 0) is 58.4 Å². The van der Waals surface area contributed by atoms with Gasteiger partial charge in [0.15, 0.2) is 0 Å². The van der Waals surface area contributed by atoms with Crippen LogP contribution in [0.25, 0.3) is 0 Å². The summed E-state index contributed by atoms with van der Waals surface area (Å²) in [4.78, 5) is 2.36. The predicted molar refractivity (Wildman–Crippen MR) is 86.0 cm³/mol. The molecule has 0 aliphatic heterocycles. The van der Waals surface area contributed by atoms with Gasteiger partial charge < -0.3 is 4.90 Å². The Bertz CT molecular complexity index is 464. The topological polar surface area (TPSA) is 39.1 Å². The summed E-state index contributed by atoms with van der Waals surface area (Å²) >= 11 is 0. The third-order valence-electron chi connectivity index (χ3n) is 3.72. The van der Waals surface area contributed by atoms with E-state index in [1.165, 1.54) is 11.3 Å². The number of anilines is 1. The summed E-state index contributed by atoms with van der Waals surface area (Å²) in [6.07, 6.45) is 0.805. The van der Waals surface area contributed by atoms with Crippen LogP contribution in [0.3, 0.4) is 0 Å². The number of nitriles is 1. The van der Waals surface area contributed by atoms with Crippen LogP contribution in [0.2, 0.25) is 0 Å². The molecule has 0 spiro atoms. The van der Waals surface area contributed by atoms with E-state index < -0.39 is 5.54 Å². The maximum atomic E-state index is 9.40. The van der Waals surface area contributed by atoms with Gasteiger partial charge in [-0.3, -0.25) is 5.32 Å². The molecule has 2 unspecified atom stereocenters. The molecule has 3 nitrogen and oxygen atoms in total. The summed E-state index contributed by atoms with van der Waals surface area (Å²) in [7, 11) is 0. The molecule has 0 heterocycles. The standard InChI is InChI=1S/C17H27N3/c1-6-19-17(5,13-18)12-15(4)20(7-2)16-10-8-9-14(3)11-16/h8-11,15,19H,6-7,12H2,1-5H3.